The predicted octanol–water partition coefficient (Wildman–Crippen LogP) is 11.7. The first-order chi connectivity index (χ1) is 21.3. The Morgan fingerprint density at radius 3 is 0.886 bits per heavy atom. The van der Waals surface area contributed by atoms with Crippen LogP contribution < -0.4 is 0 Å². The molecule has 0 fully saturated rings. The summed E-state index contributed by atoms with van der Waals surface area (Å²) in [5.41, 5.74) is 0. The zero-order valence-electron chi connectivity index (χ0n) is 30.0. The van der Waals surface area contributed by atoms with E-state index in [2.05, 4.69) is 27.7 Å². The molecule has 5 heteroatoms. The van der Waals surface area contributed by atoms with Crippen LogP contribution in [0.25, 0.3) is 0 Å². The summed E-state index contributed by atoms with van der Waals surface area (Å²) in [4.78, 5) is 23.9. The molecule has 0 aromatic carbocycles. The molecule has 0 spiro atoms. The van der Waals surface area contributed by atoms with Crippen molar-refractivity contribution < 1.29 is 24.2 Å². The van der Waals surface area contributed by atoms with Gasteiger partial charge in [0.1, 0.15) is 19.3 Å². The van der Waals surface area contributed by atoms with Crippen LogP contribution in [0, 0.1) is 11.8 Å². The minimum atomic E-state index is -0.956. The van der Waals surface area contributed by atoms with E-state index in [1.54, 1.807) is 0 Å². The summed E-state index contributed by atoms with van der Waals surface area (Å²) in [6, 6.07) is 0. The quantitative estimate of drug-likeness (QED) is 0.0569. The molecule has 262 valence electrons. The minimum absolute atomic E-state index is 0.109. The van der Waals surface area contributed by atoms with Crippen LogP contribution in [-0.4, -0.2) is 36.4 Å². The first-order valence-electron chi connectivity index (χ1n) is 19.3. The van der Waals surface area contributed by atoms with Crippen LogP contribution in [0.5, 0.6) is 0 Å². The van der Waals surface area contributed by atoms with Gasteiger partial charge in [0, 0.05) is 12.8 Å². The molecule has 5 nitrogen and oxygen atoms in total. The van der Waals surface area contributed by atoms with Gasteiger partial charge in [0.25, 0.3) is 0 Å². The number of carbonyl (C=O) groups is 2. The van der Waals surface area contributed by atoms with E-state index in [1.807, 2.05) is 0 Å². The van der Waals surface area contributed by atoms with Crippen LogP contribution in [0.4, 0.5) is 0 Å². The fourth-order valence-electron chi connectivity index (χ4n) is 5.75. The lowest BCUT2D eigenvalue weighted by molar-refractivity contribution is -0.152. The van der Waals surface area contributed by atoms with Crippen LogP contribution in [0.2, 0.25) is 0 Å². The van der Waals surface area contributed by atoms with Crippen molar-refractivity contribution in [2.24, 2.45) is 11.8 Å². The van der Waals surface area contributed by atoms with Crippen molar-refractivity contribution in [2.45, 2.75) is 214 Å². The van der Waals surface area contributed by atoms with E-state index in [4.69, 9.17) is 9.47 Å². The van der Waals surface area contributed by atoms with Gasteiger partial charge in [-0.05, 0) is 24.7 Å². The van der Waals surface area contributed by atoms with Crippen molar-refractivity contribution in [2.75, 3.05) is 13.2 Å². The highest BCUT2D eigenvalue weighted by Gasteiger charge is 2.12. The molecule has 0 aliphatic heterocycles. The zero-order chi connectivity index (χ0) is 32.5. The van der Waals surface area contributed by atoms with E-state index >= 15 is 0 Å². The molecule has 0 rings (SSSR count). The average molecular weight is 625 g/mol. The highest BCUT2D eigenvalue weighted by molar-refractivity contribution is 5.69. The highest BCUT2D eigenvalue weighted by Crippen LogP contribution is 2.16. The molecule has 44 heavy (non-hydrogen) atoms. The molecule has 0 amide bonds. The van der Waals surface area contributed by atoms with Crippen LogP contribution >= 0.6 is 0 Å². The molecule has 0 saturated carbocycles. The molecule has 0 saturated heterocycles. The summed E-state index contributed by atoms with van der Waals surface area (Å²) in [6.45, 7) is 9.00. The summed E-state index contributed by atoms with van der Waals surface area (Å²) in [5.74, 6) is 1.12. The van der Waals surface area contributed by atoms with Gasteiger partial charge >= 0.3 is 11.9 Å². The van der Waals surface area contributed by atoms with Gasteiger partial charge in [-0.2, -0.15) is 0 Å². The van der Waals surface area contributed by atoms with Gasteiger partial charge in [0.2, 0.25) is 0 Å². The Balaban J connectivity index is 3.38. The first-order valence-corrected chi connectivity index (χ1v) is 19.3. The maximum absolute atomic E-state index is 12.0. The molecule has 1 atom stereocenters. The van der Waals surface area contributed by atoms with Crippen molar-refractivity contribution in [3.05, 3.63) is 0 Å². The van der Waals surface area contributed by atoms with Crippen molar-refractivity contribution in [1.82, 2.24) is 0 Å². The summed E-state index contributed by atoms with van der Waals surface area (Å²) in [7, 11) is 0. The van der Waals surface area contributed by atoms with E-state index in [0.717, 1.165) is 43.9 Å². The van der Waals surface area contributed by atoms with Gasteiger partial charge in [-0.25, -0.2) is 0 Å². The Hall–Kier alpha value is -1.10. The summed E-state index contributed by atoms with van der Waals surface area (Å²) in [5, 5.41) is 9.99. The van der Waals surface area contributed by atoms with Gasteiger partial charge < -0.3 is 14.6 Å². The molecule has 0 aromatic rings. The van der Waals surface area contributed by atoms with Crippen molar-refractivity contribution in [3.63, 3.8) is 0 Å². The van der Waals surface area contributed by atoms with Crippen LogP contribution in [0.3, 0.4) is 0 Å². The van der Waals surface area contributed by atoms with Gasteiger partial charge in [0.15, 0.2) is 0 Å². The molecular weight excluding hydrogens is 548 g/mol. The molecule has 0 radical (unpaired) electrons. The lowest BCUT2D eigenvalue weighted by Gasteiger charge is -2.12. The number of hydrogen-bond acceptors (Lipinski definition) is 5. The fourth-order valence-corrected chi connectivity index (χ4v) is 5.75. The van der Waals surface area contributed by atoms with Gasteiger partial charge in [-0.1, -0.05) is 182 Å². The summed E-state index contributed by atoms with van der Waals surface area (Å²) in [6.07, 6.45) is 33.0. The third kappa shape index (κ3) is 35.4. The van der Waals surface area contributed by atoms with E-state index in [0.29, 0.717) is 12.8 Å². The van der Waals surface area contributed by atoms with E-state index in [1.165, 1.54) is 135 Å². The zero-order valence-corrected chi connectivity index (χ0v) is 30.0. The second-order valence-corrected chi connectivity index (χ2v) is 14.4. The van der Waals surface area contributed by atoms with Gasteiger partial charge in [-0.3, -0.25) is 9.59 Å². The number of carbonyl (C=O) groups excluding carboxylic acids is 2. The number of rotatable bonds is 34. The van der Waals surface area contributed by atoms with Crippen LogP contribution in [-0.2, 0) is 19.1 Å². The number of ether oxygens (including phenoxy) is 2. The number of aliphatic hydroxyl groups is 1. The van der Waals surface area contributed by atoms with E-state index in [9.17, 15) is 14.7 Å². The number of aliphatic hydroxyl groups excluding tert-OH is 1. The largest absolute Gasteiger partial charge is 0.463 e. The lowest BCUT2D eigenvalue weighted by Crippen LogP contribution is -2.25. The number of esters is 2. The number of hydrogen-bond donors (Lipinski definition) is 1. The first kappa shape index (κ1) is 42.9. The van der Waals surface area contributed by atoms with Crippen molar-refractivity contribution in [3.8, 4) is 0 Å². The van der Waals surface area contributed by atoms with Crippen LogP contribution in [0.15, 0.2) is 0 Å². The summed E-state index contributed by atoms with van der Waals surface area (Å²) < 4.78 is 10.3. The second kappa shape index (κ2) is 33.3. The maximum atomic E-state index is 12.0. The van der Waals surface area contributed by atoms with Crippen molar-refractivity contribution in [1.29, 1.82) is 0 Å². The third-order valence-electron chi connectivity index (χ3n) is 8.70. The molecule has 0 aliphatic carbocycles. The Morgan fingerprint density at radius 2 is 0.636 bits per heavy atom. The monoisotopic (exact) mass is 625 g/mol. The van der Waals surface area contributed by atoms with E-state index < -0.39 is 6.10 Å². The normalized spacial score (nSPS) is 12.2. The highest BCUT2D eigenvalue weighted by atomic mass is 16.6. The van der Waals surface area contributed by atoms with E-state index in [-0.39, 0.29) is 25.2 Å². The van der Waals surface area contributed by atoms with Gasteiger partial charge in [-0.15, -0.1) is 0 Å². The fraction of sp³-hybridized carbons (Fsp3) is 0.949. The molecule has 0 bridgehead atoms. The lowest BCUT2D eigenvalue weighted by atomic mass is 10.0. The molecule has 0 unspecified atom stereocenters. The maximum Gasteiger partial charge on any atom is 0.305 e. The Kier molecular flexibility index (Phi) is 32.4. The van der Waals surface area contributed by atoms with Gasteiger partial charge in [0.05, 0.1) is 0 Å². The minimum Gasteiger partial charge on any atom is -0.463 e. The predicted molar refractivity (Wildman–Crippen MR) is 187 cm³/mol. The van der Waals surface area contributed by atoms with Crippen molar-refractivity contribution >= 4 is 11.9 Å². The van der Waals surface area contributed by atoms with Crippen LogP contribution in [0.1, 0.15) is 207 Å². The standard InChI is InChI=1S/C39H76O5/c1-35(2)29-25-21-17-13-10-8-6-5-7-9-11-15-19-23-27-31-38(41)43-33-37(40)34-44-39(42)32-28-24-20-16-12-14-18-22-26-30-36(3)4/h35-37,40H,5-34H2,1-4H3/t37-/m1/s1. The molecule has 0 heterocycles. The Morgan fingerprint density at radius 1 is 0.409 bits per heavy atom. The Bertz CT molecular complexity index is 618. The summed E-state index contributed by atoms with van der Waals surface area (Å²) >= 11 is 0. The molecule has 0 aliphatic rings. The Labute approximate surface area is 274 Å². The molecular formula is C39H76O5. The topological polar surface area (TPSA) is 72.8 Å². The average Bonchev–Trinajstić information content (AvgIpc) is 2.98. The second-order valence-electron chi connectivity index (χ2n) is 14.4. The number of unbranched alkanes of at least 4 members (excludes halogenated alkanes) is 22. The smallest absolute Gasteiger partial charge is 0.305 e. The molecule has 1 N–H and O–H groups in total. The molecule has 0 aromatic heterocycles. The SMILES string of the molecule is CC(C)CCCCCCCCCCCCCCCCCC(=O)OC[C@@H](O)COC(=O)CCCCCCCCCCCC(C)C. The third-order valence-corrected chi connectivity index (χ3v) is 8.70.